The Bertz CT molecular complexity index is 673. The Kier molecular flexibility index (Phi) is 4.32. The molecule has 0 aliphatic heterocycles. The molecule has 114 valence electrons. The molecular weight excluding hydrogens is 286 g/mol. The second kappa shape index (κ2) is 5.85. The summed E-state index contributed by atoms with van der Waals surface area (Å²) in [5.41, 5.74) is 9.57. The molecule has 2 aromatic rings. The van der Waals surface area contributed by atoms with E-state index in [0.29, 0.717) is 11.6 Å². The van der Waals surface area contributed by atoms with Crippen molar-refractivity contribution in [3.8, 4) is 0 Å². The number of nitrogen functional groups attached to an aromatic ring is 1. The van der Waals surface area contributed by atoms with Crippen molar-refractivity contribution < 1.29 is 4.79 Å². The summed E-state index contributed by atoms with van der Waals surface area (Å²) in [4.78, 5) is 17.2. The van der Waals surface area contributed by atoms with Crippen LogP contribution in [0.2, 0.25) is 0 Å². The Labute approximate surface area is 128 Å². The SMILES string of the molecule is Cc1nc(N)sc1CC(=O)N[C@H](C)c1c(C)nn(C)c1C. The smallest absolute Gasteiger partial charge is 0.225 e. The van der Waals surface area contributed by atoms with E-state index in [1.54, 1.807) is 0 Å². The van der Waals surface area contributed by atoms with Gasteiger partial charge < -0.3 is 11.1 Å². The lowest BCUT2D eigenvalue weighted by Gasteiger charge is -2.14. The third-order valence-electron chi connectivity index (χ3n) is 3.61. The first-order valence-corrected chi connectivity index (χ1v) is 7.62. The number of nitrogens with zero attached hydrogens (tertiary/aromatic N) is 3. The van der Waals surface area contributed by atoms with Crippen molar-refractivity contribution in [2.75, 3.05) is 5.73 Å². The predicted molar refractivity (Wildman–Crippen MR) is 84.2 cm³/mol. The monoisotopic (exact) mass is 307 g/mol. The van der Waals surface area contributed by atoms with Gasteiger partial charge in [-0.3, -0.25) is 9.48 Å². The molecule has 0 radical (unpaired) electrons. The zero-order chi connectivity index (χ0) is 15.7. The van der Waals surface area contributed by atoms with Crippen LogP contribution in [0.3, 0.4) is 0 Å². The first kappa shape index (κ1) is 15.5. The van der Waals surface area contributed by atoms with Crippen molar-refractivity contribution in [2.24, 2.45) is 7.05 Å². The van der Waals surface area contributed by atoms with E-state index in [1.165, 1.54) is 11.3 Å². The second-order valence-electron chi connectivity index (χ2n) is 5.23. The molecule has 0 saturated heterocycles. The minimum atomic E-state index is -0.0724. The Morgan fingerprint density at radius 1 is 1.38 bits per heavy atom. The number of carbonyl (C=O) groups excluding carboxylic acids is 1. The molecule has 1 amide bonds. The largest absolute Gasteiger partial charge is 0.375 e. The number of aryl methyl sites for hydroxylation is 3. The molecule has 21 heavy (non-hydrogen) atoms. The number of anilines is 1. The highest BCUT2D eigenvalue weighted by atomic mass is 32.1. The number of thiazole rings is 1. The first-order chi connectivity index (χ1) is 9.79. The molecule has 0 aliphatic rings. The van der Waals surface area contributed by atoms with Crippen LogP contribution in [0.15, 0.2) is 0 Å². The number of aromatic nitrogens is 3. The van der Waals surface area contributed by atoms with Crippen LogP contribution >= 0.6 is 11.3 Å². The molecule has 1 atom stereocenters. The van der Waals surface area contributed by atoms with Crippen LogP contribution in [0.4, 0.5) is 5.13 Å². The zero-order valence-electron chi connectivity index (χ0n) is 13.0. The van der Waals surface area contributed by atoms with Crippen LogP contribution < -0.4 is 11.1 Å². The van der Waals surface area contributed by atoms with Crippen molar-refractivity contribution >= 4 is 22.4 Å². The Morgan fingerprint density at radius 3 is 2.52 bits per heavy atom. The van der Waals surface area contributed by atoms with Gasteiger partial charge in [0.05, 0.1) is 23.9 Å². The summed E-state index contributed by atoms with van der Waals surface area (Å²) in [7, 11) is 1.91. The van der Waals surface area contributed by atoms with Gasteiger partial charge in [-0.2, -0.15) is 5.10 Å². The molecule has 0 bridgehead atoms. The Morgan fingerprint density at radius 2 is 2.05 bits per heavy atom. The molecule has 2 heterocycles. The highest BCUT2D eigenvalue weighted by Gasteiger charge is 2.19. The Balaban J connectivity index is 2.07. The zero-order valence-corrected chi connectivity index (χ0v) is 13.8. The summed E-state index contributed by atoms with van der Waals surface area (Å²) in [6, 6.07) is -0.0724. The maximum Gasteiger partial charge on any atom is 0.225 e. The molecule has 3 N–H and O–H groups in total. The minimum Gasteiger partial charge on any atom is -0.375 e. The van der Waals surface area contributed by atoms with E-state index in [4.69, 9.17) is 5.73 Å². The first-order valence-electron chi connectivity index (χ1n) is 6.80. The summed E-state index contributed by atoms with van der Waals surface area (Å²) in [5.74, 6) is -0.0306. The van der Waals surface area contributed by atoms with Gasteiger partial charge in [-0.25, -0.2) is 4.98 Å². The molecule has 0 saturated carbocycles. The molecule has 0 spiro atoms. The topological polar surface area (TPSA) is 85.8 Å². The molecule has 0 aromatic carbocycles. The van der Waals surface area contributed by atoms with Crippen LogP contribution in [0.5, 0.6) is 0 Å². The van der Waals surface area contributed by atoms with E-state index >= 15 is 0 Å². The molecule has 7 heteroatoms. The number of rotatable bonds is 4. The lowest BCUT2D eigenvalue weighted by atomic mass is 10.1. The number of amides is 1. The van der Waals surface area contributed by atoms with Gasteiger partial charge in [0.15, 0.2) is 5.13 Å². The average molecular weight is 307 g/mol. The third-order valence-corrected chi connectivity index (χ3v) is 4.59. The molecule has 2 aromatic heterocycles. The fraction of sp³-hybridized carbons (Fsp3) is 0.500. The quantitative estimate of drug-likeness (QED) is 0.902. The number of carbonyl (C=O) groups is 1. The normalized spacial score (nSPS) is 12.4. The standard InChI is InChI=1S/C14H21N5OS/c1-7-11(21-14(15)17-7)6-12(20)16-8(2)13-9(3)18-19(5)10(13)4/h8H,6H2,1-5H3,(H2,15,17)(H,16,20)/t8-/m1/s1. The van der Waals surface area contributed by atoms with Gasteiger partial charge in [-0.1, -0.05) is 0 Å². The van der Waals surface area contributed by atoms with Crippen LogP contribution in [-0.4, -0.2) is 20.7 Å². The van der Waals surface area contributed by atoms with E-state index < -0.39 is 0 Å². The maximum absolute atomic E-state index is 12.2. The highest BCUT2D eigenvalue weighted by Crippen LogP contribution is 2.22. The third kappa shape index (κ3) is 3.24. The van der Waals surface area contributed by atoms with E-state index in [0.717, 1.165) is 27.5 Å². The fourth-order valence-electron chi connectivity index (χ4n) is 2.54. The lowest BCUT2D eigenvalue weighted by molar-refractivity contribution is -0.121. The van der Waals surface area contributed by atoms with Crippen LogP contribution in [-0.2, 0) is 18.3 Å². The van der Waals surface area contributed by atoms with E-state index in [1.807, 2.05) is 39.4 Å². The van der Waals surface area contributed by atoms with Crippen LogP contribution in [0.25, 0.3) is 0 Å². The molecule has 6 nitrogen and oxygen atoms in total. The van der Waals surface area contributed by atoms with Crippen molar-refractivity contribution in [3.63, 3.8) is 0 Å². The average Bonchev–Trinajstić information content (AvgIpc) is 2.79. The van der Waals surface area contributed by atoms with Gasteiger partial charge in [-0.05, 0) is 27.7 Å². The number of hydrogen-bond acceptors (Lipinski definition) is 5. The van der Waals surface area contributed by atoms with Gasteiger partial charge in [-0.15, -0.1) is 11.3 Å². The molecule has 0 fully saturated rings. The molecular formula is C14H21N5OS. The van der Waals surface area contributed by atoms with Crippen LogP contribution in [0.1, 0.15) is 40.5 Å². The van der Waals surface area contributed by atoms with Crippen molar-refractivity contribution in [3.05, 3.63) is 27.5 Å². The number of hydrogen-bond donors (Lipinski definition) is 2. The summed E-state index contributed by atoms with van der Waals surface area (Å²) in [5, 5.41) is 7.91. The fourth-order valence-corrected chi connectivity index (χ4v) is 3.37. The summed E-state index contributed by atoms with van der Waals surface area (Å²) < 4.78 is 1.83. The molecule has 0 unspecified atom stereocenters. The summed E-state index contributed by atoms with van der Waals surface area (Å²) in [6.45, 7) is 7.81. The van der Waals surface area contributed by atoms with Crippen molar-refractivity contribution in [1.29, 1.82) is 0 Å². The van der Waals surface area contributed by atoms with Crippen molar-refractivity contribution in [1.82, 2.24) is 20.1 Å². The lowest BCUT2D eigenvalue weighted by Crippen LogP contribution is -2.28. The predicted octanol–water partition coefficient (Wildman–Crippen LogP) is 1.80. The van der Waals surface area contributed by atoms with Gasteiger partial charge in [0, 0.05) is 23.2 Å². The Hall–Kier alpha value is -1.89. The van der Waals surface area contributed by atoms with Gasteiger partial charge in [0.1, 0.15) is 0 Å². The molecule has 0 aliphatic carbocycles. The van der Waals surface area contributed by atoms with E-state index in [-0.39, 0.29) is 11.9 Å². The maximum atomic E-state index is 12.2. The minimum absolute atomic E-state index is 0.0306. The van der Waals surface area contributed by atoms with Crippen molar-refractivity contribution in [2.45, 2.75) is 40.2 Å². The van der Waals surface area contributed by atoms with Gasteiger partial charge >= 0.3 is 0 Å². The van der Waals surface area contributed by atoms with Crippen LogP contribution in [0, 0.1) is 20.8 Å². The highest BCUT2D eigenvalue weighted by molar-refractivity contribution is 7.15. The second-order valence-corrected chi connectivity index (χ2v) is 6.35. The van der Waals surface area contributed by atoms with Gasteiger partial charge in [0.2, 0.25) is 5.91 Å². The summed E-state index contributed by atoms with van der Waals surface area (Å²) >= 11 is 1.37. The molecule has 2 rings (SSSR count). The van der Waals surface area contributed by atoms with E-state index in [2.05, 4.69) is 15.4 Å². The number of nitrogens with two attached hydrogens (primary N) is 1. The number of nitrogens with one attached hydrogen (secondary N) is 1. The summed E-state index contributed by atoms with van der Waals surface area (Å²) in [6.07, 6.45) is 0.309. The van der Waals surface area contributed by atoms with Gasteiger partial charge in [0.25, 0.3) is 0 Å². The van der Waals surface area contributed by atoms with E-state index in [9.17, 15) is 4.79 Å².